The Morgan fingerprint density at radius 3 is 2.22 bits per heavy atom. The van der Waals surface area contributed by atoms with Crippen molar-refractivity contribution in [2.24, 2.45) is 56.7 Å². The van der Waals surface area contributed by atoms with Crippen LogP contribution in [0.4, 0.5) is 0 Å². The Hall–Kier alpha value is -0.320. The van der Waals surface area contributed by atoms with Gasteiger partial charge in [-0.15, -0.1) is 0 Å². The molecule has 46 heavy (non-hydrogen) atoms. The molecule has 0 amide bonds. The smallest absolute Gasteiger partial charge is 0.186 e. The van der Waals surface area contributed by atoms with Crippen LogP contribution in [0.1, 0.15) is 127 Å². The molecule has 0 aromatic rings. The fourth-order valence-corrected chi connectivity index (χ4v) is 13.5. The van der Waals surface area contributed by atoms with Crippen LogP contribution in [-0.4, -0.2) is 85.3 Å². The molecule has 0 unspecified atom stereocenters. The van der Waals surface area contributed by atoms with E-state index in [-0.39, 0.29) is 39.1 Å². The molecule has 0 aromatic heterocycles. The van der Waals surface area contributed by atoms with E-state index in [0.717, 1.165) is 32.1 Å². The Balaban J connectivity index is 1.35. The van der Waals surface area contributed by atoms with E-state index in [1.54, 1.807) is 13.8 Å². The molecule has 6 aliphatic rings. The molecule has 0 spiro atoms. The summed E-state index contributed by atoms with van der Waals surface area (Å²) in [7, 11) is 0. The monoisotopic (exact) mass is 650 g/mol. The molecule has 8 nitrogen and oxygen atoms in total. The maximum atomic E-state index is 11.2. The van der Waals surface area contributed by atoms with Crippen LogP contribution in [0.5, 0.6) is 0 Å². The second kappa shape index (κ2) is 11.3. The second-order valence-electron chi connectivity index (χ2n) is 18.9. The number of ether oxygens (including phenoxy) is 2. The van der Waals surface area contributed by atoms with E-state index >= 15 is 0 Å². The highest BCUT2D eigenvalue weighted by Gasteiger charge is 2.85. The van der Waals surface area contributed by atoms with Crippen molar-refractivity contribution >= 4 is 0 Å². The van der Waals surface area contributed by atoms with Gasteiger partial charge in [-0.1, -0.05) is 48.5 Å². The molecule has 266 valence electrons. The lowest BCUT2D eigenvalue weighted by Crippen LogP contribution is -2.67. The van der Waals surface area contributed by atoms with E-state index in [0.29, 0.717) is 36.5 Å². The van der Waals surface area contributed by atoms with E-state index in [2.05, 4.69) is 41.5 Å². The minimum absolute atomic E-state index is 0.0788. The number of hydrogen-bond acceptors (Lipinski definition) is 8. The average Bonchev–Trinajstić information content (AvgIpc) is 3.55. The molecule has 8 heteroatoms. The van der Waals surface area contributed by atoms with Crippen LogP contribution >= 0.6 is 0 Å². The predicted molar refractivity (Wildman–Crippen MR) is 175 cm³/mol. The van der Waals surface area contributed by atoms with E-state index in [4.69, 9.17) is 9.47 Å². The quantitative estimate of drug-likeness (QED) is 0.206. The third kappa shape index (κ3) is 4.73. The predicted octanol–water partition coefficient (Wildman–Crippen LogP) is 4.79. The molecule has 6 N–H and O–H groups in total. The zero-order valence-corrected chi connectivity index (χ0v) is 30.1. The molecule has 1 aliphatic heterocycles. The number of rotatable bonds is 8. The van der Waals surface area contributed by atoms with Gasteiger partial charge >= 0.3 is 0 Å². The van der Waals surface area contributed by atoms with Crippen molar-refractivity contribution in [1.29, 1.82) is 0 Å². The lowest BCUT2D eigenvalue weighted by molar-refractivity contribution is -0.341. The van der Waals surface area contributed by atoms with Crippen LogP contribution < -0.4 is 0 Å². The van der Waals surface area contributed by atoms with Gasteiger partial charge in [0.1, 0.15) is 24.4 Å². The summed E-state index contributed by atoms with van der Waals surface area (Å²) in [6.45, 7) is 19.6. The Morgan fingerprint density at radius 2 is 1.59 bits per heavy atom. The zero-order chi connectivity index (χ0) is 34.0. The van der Waals surface area contributed by atoms with Gasteiger partial charge in [0.25, 0.3) is 0 Å². The van der Waals surface area contributed by atoms with Gasteiger partial charge in [0.2, 0.25) is 0 Å². The molecule has 0 radical (unpaired) electrons. The summed E-state index contributed by atoms with van der Waals surface area (Å²) in [5, 5.41) is 64.7. The van der Waals surface area contributed by atoms with Gasteiger partial charge in [-0.25, -0.2) is 0 Å². The second-order valence-corrected chi connectivity index (χ2v) is 18.9. The maximum Gasteiger partial charge on any atom is 0.186 e. The third-order valence-corrected chi connectivity index (χ3v) is 16.4. The Morgan fingerprint density at radius 1 is 0.913 bits per heavy atom. The molecule has 6 rings (SSSR count). The van der Waals surface area contributed by atoms with E-state index in [1.165, 1.54) is 19.3 Å². The van der Waals surface area contributed by atoms with E-state index in [1.807, 2.05) is 6.92 Å². The fraction of sp³-hybridized carbons (Fsp3) is 1.00. The third-order valence-electron chi connectivity index (χ3n) is 16.4. The molecule has 5 saturated carbocycles. The van der Waals surface area contributed by atoms with Gasteiger partial charge in [0.15, 0.2) is 6.29 Å². The normalized spacial score (nSPS) is 53.3. The Labute approximate surface area is 277 Å². The first-order valence-corrected chi connectivity index (χ1v) is 18.7. The first-order valence-electron chi connectivity index (χ1n) is 18.7. The van der Waals surface area contributed by atoms with E-state index in [9.17, 15) is 30.6 Å². The van der Waals surface area contributed by atoms with Crippen molar-refractivity contribution in [1.82, 2.24) is 0 Å². The molecule has 0 aromatic carbocycles. The summed E-state index contributed by atoms with van der Waals surface area (Å²) < 4.78 is 13.3. The van der Waals surface area contributed by atoms with Crippen LogP contribution in [0.2, 0.25) is 0 Å². The topological polar surface area (TPSA) is 140 Å². The molecular weight excluding hydrogens is 584 g/mol. The number of hydrogen-bond donors (Lipinski definition) is 6. The fourth-order valence-electron chi connectivity index (χ4n) is 13.5. The molecule has 0 bridgehead atoms. The highest BCUT2D eigenvalue weighted by molar-refractivity contribution is 5.33. The summed E-state index contributed by atoms with van der Waals surface area (Å²) in [6.07, 6.45) is 2.18. The van der Waals surface area contributed by atoms with Crippen LogP contribution in [-0.2, 0) is 9.47 Å². The first-order chi connectivity index (χ1) is 21.2. The van der Waals surface area contributed by atoms with Crippen LogP contribution in [0.15, 0.2) is 0 Å². The SMILES string of the molecule is CC[C@H]1O[C@H](O[C@@H]2C[C@@H]3C(C)(C)[C@@H](C)CC[C@]3(C)[C@@H]3CC[C@@]45C[C@@]4(CC[C@@H]5[C@H](C)C[C@@H](O)[C@@H](O)C(C)(C)O)[C@]23C)[C@@H](O)[C@H](O)[C@@H]1O. The molecule has 5 aliphatic carbocycles. The van der Waals surface area contributed by atoms with Crippen LogP contribution in [0.25, 0.3) is 0 Å². The summed E-state index contributed by atoms with van der Waals surface area (Å²) >= 11 is 0. The van der Waals surface area contributed by atoms with Crippen LogP contribution in [0, 0.1) is 56.7 Å². The largest absolute Gasteiger partial charge is 0.390 e. The lowest BCUT2D eigenvalue weighted by Gasteiger charge is -2.69. The Kier molecular flexibility index (Phi) is 8.76. The lowest BCUT2D eigenvalue weighted by atomic mass is 9.36. The molecule has 1 heterocycles. The summed E-state index contributed by atoms with van der Waals surface area (Å²) in [6, 6.07) is 0. The zero-order valence-electron chi connectivity index (χ0n) is 30.1. The summed E-state index contributed by atoms with van der Waals surface area (Å²) in [5.41, 5.74) is -1.01. The molecule has 6 fully saturated rings. The van der Waals surface area contributed by atoms with Crippen molar-refractivity contribution in [3.63, 3.8) is 0 Å². The standard InChI is InChI=1S/C38H66O8/c1-10-24-28(40)29(41)30(42)32(45-24)46-27-18-26-33(4,5)21(3)11-14-35(26,8)25-13-15-37-19-38(37,36(25,27)9)16-12-22(37)20(2)17-23(39)31(43)34(6,7)44/h20-32,39-44H,10-19H2,1-9H3/t20-,21+,22-,23-,24-,25+,26-,27-,28-,29-,30+,31-,32-,35-,36+,37+,38+/m1/s1. The minimum Gasteiger partial charge on any atom is -0.390 e. The van der Waals surface area contributed by atoms with Crippen LogP contribution in [0.3, 0.4) is 0 Å². The van der Waals surface area contributed by atoms with Crippen molar-refractivity contribution < 1.29 is 40.1 Å². The summed E-state index contributed by atoms with van der Waals surface area (Å²) in [5.74, 6) is 2.10. The average molecular weight is 651 g/mol. The highest BCUT2D eigenvalue weighted by atomic mass is 16.7. The van der Waals surface area contributed by atoms with Gasteiger partial charge in [0, 0.05) is 5.41 Å². The molecular formula is C38H66O8. The Bertz CT molecular complexity index is 1140. The number of aliphatic hydroxyl groups is 6. The van der Waals surface area contributed by atoms with E-state index < -0.39 is 48.5 Å². The number of fused-ring (bicyclic) bond motifs is 3. The van der Waals surface area contributed by atoms with Gasteiger partial charge in [-0.3, -0.25) is 0 Å². The van der Waals surface area contributed by atoms with Crippen molar-refractivity contribution in [3.8, 4) is 0 Å². The highest BCUT2D eigenvalue weighted by Crippen LogP contribution is 2.91. The molecule has 1 saturated heterocycles. The molecule has 17 atom stereocenters. The van der Waals surface area contributed by atoms with Crippen molar-refractivity contribution in [2.45, 2.75) is 181 Å². The van der Waals surface area contributed by atoms with Crippen molar-refractivity contribution in [2.75, 3.05) is 0 Å². The number of aliphatic hydroxyl groups excluding tert-OH is 5. The van der Waals surface area contributed by atoms with Crippen molar-refractivity contribution in [3.05, 3.63) is 0 Å². The van der Waals surface area contributed by atoms with Gasteiger partial charge in [-0.05, 0) is 129 Å². The maximum absolute atomic E-state index is 11.2. The summed E-state index contributed by atoms with van der Waals surface area (Å²) in [4.78, 5) is 0. The minimum atomic E-state index is -1.36. The van der Waals surface area contributed by atoms with Gasteiger partial charge in [0.05, 0.1) is 23.9 Å². The van der Waals surface area contributed by atoms with Gasteiger partial charge in [-0.2, -0.15) is 0 Å². The van der Waals surface area contributed by atoms with Gasteiger partial charge < -0.3 is 40.1 Å². The first kappa shape index (κ1) is 35.5.